The number of aliphatic hydroxyl groups excluding tert-OH is 3. The molecule has 0 aromatic carbocycles. The molecule has 0 rings (SSSR count). The van der Waals surface area contributed by atoms with Crippen molar-refractivity contribution in [1.29, 1.82) is 0 Å². The third kappa shape index (κ3) is 18.9. The molecule has 0 spiro atoms. The summed E-state index contributed by atoms with van der Waals surface area (Å²) in [6.45, 7) is -0.545. The van der Waals surface area contributed by atoms with Crippen molar-refractivity contribution in [2.24, 2.45) is 0 Å². The maximum Gasteiger partial charge on any atom is 0.466 e. The molecule has 3 atom stereocenters. The van der Waals surface area contributed by atoms with E-state index in [4.69, 9.17) is 34.6 Å². The summed E-state index contributed by atoms with van der Waals surface area (Å²) >= 11 is 0. The minimum atomic E-state index is -4.64. The maximum absolute atomic E-state index is 9.79. The highest BCUT2D eigenvalue weighted by atomic mass is 31.2. The average Bonchev–Trinajstić information content (AvgIpc) is 1.98. The van der Waals surface area contributed by atoms with E-state index < -0.39 is 34.8 Å². The Hall–Kier alpha value is 0.220. The van der Waals surface area contributed by atoms with Crippen LogP contribution in [-0.2, 0) is 9.13 Å². The van der Waals surface area contributed by atoms with Crippen molar-refractivity contribution in [3.8, 4) is 0 Å². The number of aliphatic hydroxyl groups is 3. The highest BCUT2D eigenvalue weighted by Gasteiger charge is 2.11. The van der Waals surface area contributed by atoms with Gasteiger partial charge in [-0.25, -0.2) is 4.57 Å². The van der Waals surface area contributed by atoms with Crippen molar-refractivity contribution in [1.82, 2.24) is 0 Å². The van der Waals surface area contributed by atoms with E-state index in [0.29, 0.717) is 0 Å². The smallest absolute Gasteiger partial charge is 0.394 e. The molecule has 6 N–H and O–H groups in total. The molecule has 0 saturated heterocycles. The predicted molar refractivity (Wildman–Crippen MR) is 43.8 cm³/mol. The molecule has 0 aliphatic rings. The first-order chi connectivity index (χ1) is 5.72. The van der Waals surface area contributed by atoms with Crippen LogP contribution in [0.25, 0.3) is 0 Å². The van der Waals surface area contributed by atoms with Gasteiger partial charge in [0, 0.05) is 0 Å². The van der Waals surface area contributed by atoms with Gasteiger partial charge in [0.15, 0.2) is 0 Å². The molecule has 0 saturated carbocycles. The molecule has 0 aliphatic carbocycles. The zero-order valence-electron chi connectivity index (χ0n) is 6.39. The number of hydrogen-bond donors (Lipinski definition) is 6. The SMILES string of the molecule is O=P(O)(O)O.O=[PH2]C(O)C(O)CO. The van der Waals surface area contributed by atoms with Gasteiger partial charge in [0.25, 0.3) is 0 Å². The standard InChI is InChI=1S/C3H9O4P.H3O4P/c4-1-2(5)3(6)8-7;1-5(2,3)4/h2-6H,1,8H2;(H3,1,2,3,4). The Morgan fingerprint density at radius 3 is 1.62 bits per heavy atom. The van der Waals surface area contributed by atoms with Crippen molar-refractivity contribution in [2.75, 3.05) is 6.61 Å². The normalized spacial score (nSPS) is 16.5. The molecule has 0 fully saturated rings. The van der Waals surface area contributed by atoms with Crippen molar-refractivity contribution in [2.45, 2.75) is 11.9 Å². The molecule has 0 aromatic heterocycles. The molecule has 0 bridgehead atoms. The monoisotopic (exact) mass is 238 g/mol. The predicted octanol–water partition coefficient (Wildman–Crippen LogP) is -2.51. The molecule has 3 unspecified atom stereocenters. The molecule has 13 heavy (non-hydrogen) atoms. The zero-order chi connectivity index (χ0) is 11.1. The summed E-state index contributed by atoms with van der Waals surface area (Å²) in [7, 11) is -6.04. The highest BCUT2D eigenvalue weighted by molar-refractivity contribution is 7.45. The lowest BCUT2D eigenvalue weighted by molar-refractivity contribution is 0.0260. The highest BCUT2D eigenvalue weighted by Crippen LogP contribution is 2.25. The lowest BCUT2D eigenvalue weighted by atomic mass is 10.4. The Kier molecular flexibility index (Phi) is 9.18. The van der Waals surface area contributed by atoms with Gasteiger partial charge in [0.1, 0.15) is 11.9 Å². The maximum atomic E-state index is 9.79. The lowest BCUT2D eigenvalue weighted by Crippen LogP contribution is -2.23. The van der Waals surface area contributed by atoms with E-state index in [1.807, 2.05) is 0 Å². The fraction of sp³-hybridized carbons (Fsp3) is 1.00. The number of rotatable bonds is 3. The van der Waals surface area contributed by atoms with E-state index >= 15 is 0 Å². The van der Waals surface area contributed by atoms with Gasteiger partial charge in [0.05, 0.1) is 15.1 Å². The van der Waals surface area contributed by atoms with Crippen LogP contribution >= 0.6 is 16.3 Å². The summed E-state index contributed by atoms with van der Waals surface area (Å²) in [6, 6.07) is 0. The van der Waals surface area contributed by atoms with Gasteiger partial charge in [-0.05, 0) is 0 Å². The van der Waals surface area contributed by atoms with Crippen molar-refractivity contribution >= 4 is 16.3 Å². The van der Waals surface area contributed by atoms with E-state index in [9.17, 15) is 4.57 Å². The van der Waals surface area contributed by atoms with Crippen molar-refractivity contribution in [3.63, 3.8) is 0 Å². The Labute approximate surface area is 74.9 Å². The van der Waals surface area contributed by atoms with E-state index in [1.165, 1.54) is 0 Å². The van der Waals surface area contributed by atoms with E-state index in [2.05, 4.69) is 0 Å². The molecule has 0 amide bonds. The Morgan fingerprint density at radius 2 is 1.54 bits per heavy atom. The molecule has 8 nitrogen and oxygen atoms in total. The molecule has 10 heteroatoms. The lowest BCUT2D eigenvalue weighted by Gasteiger charge is -2.07. The summed E-state index contributed by atoms with van der Waals surface area (Å²) in [5.74, 6) is -1.25. The van der Waals surface area contributed by atoms with Gasteiger partial charge in [-0.2, -0.15) is 0 Å². The van der Waals surface area contributed by atoms with Gasteiger partial charge in [0.2, 0.25) is 0 Å². The fourth-order valence-corrected chi connectivity index (χ4v) is 0.502. The van der Waals surface area contributed by atoms with Gasteiger partial charge in [-0.3, -0.25) is 0 Å². The second-order valence-electron chi connectivity index (χ2n) is 1.89. The third-order valence-corrected chi connectivity index (χ3v) is 1.44. The van der Waals surface area contributed by atoms with Crippen LogP contribution < -0.4 is 0 Å². The molecule has 0 heterocycles. The first-order valence-electron chi connectivity index (χ1n) is 2.93. The van der Waals surface area contributed by atoms with Crippen LogP contribution in [0.2, 0.25) is 0 Å². The second-order valence-corrected chi connectivity index (χ2v) is 3.87. The third-order valence-electron chi connectivity index (χ3n) is 0.721. The minimum absolute atomic E-state index is 0.545. The zero-order valence-corrected chi connectivity index (χ0v) is 8.44. The van der Waals surface area contributed by atoms with Crippen molar-refractivity contribution < 1.29 is 39.1 Å². The molecule has 82 valence electrons. The second kappa shape index (κ2) is 7.61. The van der Waals surface area contributed by atoms with Crippen LogP contribution in [0.15, 0.2) is 0 Å². The average molecular weight is 238 g/mol. The van der Waals surface area contributed by atoms with Gasteiger partial charge < -0.3 is 34.6 Å². The van der Waals surface area contributed by atoms with E-state index in [1.54, 1.807) is 0 Å². The molecular weight excluding hydrogens is 226 g/mol. The summed E-state index contributed by atoms with van der Waals surface area (Å²) in [5.41, 5.74) is 0. The van der Waals surface area contributed by atoms with E-state index in [-0.39, 0.29) is 0 Å². The van der Waals surface area contributed by atoms with Gasteiger partial charge in [-0.1, -0.05) is 0 Å². The van der Waals surface area contributed by atoms with Crippen LogP contribution in [0.5, 0.6) is 0 Å². The minimum Gasteiger partial charge on any atom is -0.394 e. The molecule has 0 aliphatic heterocycles. The molecule has 0 radical (unpaired) electrons. The van der Waals surface area contributed by atoms with Crippen LogP contribution in [0.1, 0.15) is 0 Å². The summed E-state index contributed by atoms with van der Waals surface area (Å²) in [4.78, 5) is 21.6. The number of phosphoric acid groups is 1. The Balaban J connectivity index is 0. The first-order valence-corrected chi connectivity index (χ1v) is 5.63. The van der Waals surface area contributed by atoms with Crippen molar-refractivity contribution in [3.05, 3.63) is 0 Å². The summed E-state index contributed by atoms with van der Waals surface area (Å²) in [6.07, 6.45) is -1.25. The molecular formula is C3H12O8P2. The van der Waals surface area contributed by atoms with E-state index in [0.717, 1.165) is 0 Å². The van der Waals surface area contributed by atoms with Gasteiger partial charge in [-0.15, -0.1) is 0 Å². The van der Waals surface area contributed by atoms with Gasteiger partial charge >= 0.3 is 7.82 Å². The Bertz CT molecular complexity index is 168. The summed E-state index contributed by atoms with van der Waals surface area (Å²) < 4.78 is 18.7. The first kappa shape index (κ1) is 15.7. The van der Waals surface area contributed by atoms with Crippen LogP contribution in [0.4, 0.5) is 0 Å². The number of hydrogen-bond acceptors (Lipinski definition) is 5. The van der Waals surface area contributed by atoms with Crippen LogP contribution in [0.3, 0.4) is 0 Å². The van der Waals surface area contributed by atoms with Crippen LogP contribution in [-0.4, -0.2) is 48.6 Å². The molecule has 0 aromatic rings. The largest absolute Gasteiger partial charge is 0.466 e. The fourth-order valence-electron chi connectivity index (χ4n) is 0.199. The summed E-state index contributed by atoms with van der Waals surface area (Å²) in [5, 5.41) is 25.0. The quantitative estimate of drug-likeness (QED) is 0.294. The van der Waals surface area contributed by atoms with Crippen LogP contribution in [0, 0.1) is 0 Å². The Morgan fingerprint density at radius 1 is 1.23 bits per heavy atom. The topological polar surface area (TPSA) is 156 Å².